The molecule has 1 aliphatic rings. The molecule has 0 aromatic heterocycles. The molecule has 3 nitrogen and oxygen atoms in total. The Morgan fingerprint density at radius 3 is 2.81 bits per heavy atom. The molecule has 2 rings (SSSR count). The number of likely N-dealkylation sites (tertiary alicyclic amines) is 1. The van der Waals surface area contributed by atoms with Crippen molar-refractivity contribution in [2.24, 2.45) is 5.92 Å². The molecule has 1 N–H and O–H groups in total. The molecule has 1 saturated heterocycles. The quantitative estimate of drug-likeness (QED) is 0.881. The van der Waals surface area contributed by atoms with Crippen LogP contribution in [0.15, 0.2) is 24.3 Å². The lowest BCUT2D eigenvalue weighted by Gasteiger charge is -2.41. The van der Waals surface area contributed by atoms with Crippen molar-refractivity contribution >= 4 is 17.6 Å². The smallest absolute Gasteiger partial charge is 0.309 e. The van der Waals surface area contributed by atoms with Crippen LogP contribution < -0.4 is 0 Å². The van der Waals surface area contributed by atoms with Crippen molar-refractivity contribution < 1.29 is 9.90 Å². The molecule has 0 saturated carbocycles. The standard InChI is InChI=1S/C12H14ClNO2/c1-8(9-3-2-4-11(13)5-9)14-6-10(7-14)12(15)16/h2-5,8,10H,6-7H2,1H3,(H,15,16). The molecule has 86 valence electrons. The van der Waals surface area contributed by atoms with Crippen molar-refractivity contribution in [1.82, 2.24) is 4.90 Å². The number of halogens is 1. The number of aliphatic carboxylic acids is 1. The molecule has 1 aliphatic heterocycles. The van der Waals surface area contributed by atoms with E-state index in [2.05, 4.69) is 11.8 Å². The molecule has 0 spiro atoms. The van der Waals surface area contributed by atoms with Crippen molar-refractivity contribution in [2.45, 2.75) is 13.0 Å². The normalized spacial score (nSPS) is 19.1. The van der Waals surface area contributed by atoms with Gasteiger partial charge in [-0.1, -0.05) is 23.7 Å². The van der Waals surface area contributed by atoms with Gasteiger partial charge in [-0.15, -0.1) is 0 Å². The highest BCUT2D eigenvalue weighted by Crippen LogP contribution is 2.29. The second kappa shape index (κ2) is 4.44. The van der Waals surface area contributed by atoms with Gasteiger partial charge in [0.2, 0.25) is 0 Å². The van der Waals surface area contributed by atoms with Crippen molar-refractivity contribution in [3.05, 3.63) is 34.9 Å². The van der Waals surface area contributed by atoms with Crippen LogP contribution in [0.5, 0.6) is 0 Å². The average molecular weight is 240 g/mol. The summed E-state index contributed by atoms with van der Waals surface area (Å²) in [5.74, 6) is -0.906. The van der Waals surface area contributed by atoms with E-state index < -0.39 is 5.97 Å². The second-order valence-electron chi connectivity index (χ2n) is 4.22. The van der Waals surface area contributed by atoms with Crippen LogP contribution in [0.25, 0.3) is 0 Å². The highest BCUT2D eigenvalue weighted by Gasteiger charge is 2.35. The second-order valence-corrected chi connectivity index (χ2v) is 4.66. The molecule has 0 bridgehead atoms. The first-order chi connectivity index (χ1) is 7.58. The van der Waals surface area contributed by atoms with Crippen molar-refractivity contribution in [2.75, 3.05) is 13.1 Å². The van der Waals surface area contributed by atoms with Crippen LogP contribution in [0.1, 0.15) is 18.5 Å². The lowest BCUT2D eigenvalue weighted by molar-refractivity contribution is -0.148. The zero-order valence-electron chi connectivity index (χ0n) is 9.06. The van der Waals surface area contributed by atoms with E-state index in [1.54, 1.807) is 0 Å². The Hall–Kier alpha value is -1.06. The van der Waals surface area contributed by atoms with Gasteiger partial charge in [-0.3, -0.25) is 9.69 Å². The summed E-state index contributed by atoms with van der Waals surface area (Å²) < 4.78 is 0. The summed E-state index contributed by atoms with van der Waals surface area (Å²) in [5, 5.41) is 9.52. The van der Waals surface area contributed by atoms with E-state index >= 15 is 0 Å². The monoisotopic (exact) mass is 239 g/mol. The number of carbonyl (C=O) groups is 1. The minimum atomic E-state index is -0.699. The minimum absolute atomic E-state index is 0.207. The molecule has 1 aromatic rings. The molecule has 1 aromatic carbocycles. The van der Waals surface area contributed by atoms with Crippen LogP contribution in [-0.4, -0.2) is 29.1 Å². The van der Waals surface area contributed by atoms with E-state index in [-0.39, 0.29) is 12.0 Å². The molecule has 1 heterocycles. The van der Waals surface area contributed by atoms with Gasteiger partial charge in [0, 0.05) is 24.2 Å². The first-order valence-electron chi connectivity index (χ1n) is 5.30. The van der Waals surface area contributed by atoms with E-state index in [4.69, 9.17) is 16.7 Å². The van der Waals surface area contributed by atoms with Crippen LogP contribution in [0.4, 0.5) is 0 Å². The minimum Gasteiger partial charge on any atom is -0.481 e. The van der Waals surface area contributed by atoms with Gasteiger partial charge >= 0.3 is 5.97 Å². The van der Waals surface area contributed by atoms with Gasteiger partial charge in [0.1, 0.15) is 0 Å². The van der Waals surface area contributed by atoms with E-state index in [0.29, 0.717) is 13.1 Å². The van der Waals surface area contributed by atoms with Crippen LogP contribution in [0.2, 0.25) is 5.02 Å². The Morgan fingerprint density at radius 1 is 1.56 bits per heavy atom. The largest absolute Gasteiger partial charge is 0.481 e. The molecule has 0 amide bonds. The summed E-state index contributed by atoms with van der Waals surface area (Å²) in [6.45, 7) is 3.33. The first-order valence-corrected chi connectivity index (χ1v) is 5.68. The number of hydrogen-bond acceptors (Lipinski definition) is 2. The molecule has 0 radical (unpaired) electrons. The maximum absolute atomic E-state index is 10.7. The van der Waals surface area contributed by atoms with Gasteiger partial charge in [-0.25, -0.2) is 0 Å². The van der Waals surface area contributed by atoms with Gasteiger partial charge in [0.15, 0.2) is 0 Å². The fraction of sp³-hybridized carbons (Fsp3) is 0.417. The van der Waals surface area contributed by atoms with Crippen molar-refractivity contribution in [1.29, 1.82) is 0 Å². The van der Waals surface area contributed by atoms with E-state index in [9.17, 15) is 4.79 Å². The van der Waals surface area contributed by atoms with Gasteiger partial charge < -0.3 is 5.11 Å². The number of hydrogen-bond donors (Lipinski definition) is 1. The third-order valence-corrected chi connectivity index (χ3v) is 3.37. The zero-order valence-corrected chi connectivity index (χ0v) is 9.81. The highest BCUT2D eigenvalue weighted by atomic mass is 35.5. The Morgan fingerprint density at radius 2 is 2.25 bits per heavy atom. The van der Waals surface area contributed by atoms with E-state index in [1.807, 2.05) is 24.3 Å². The third kappa shape index (κ3) is 2.20. The van der Waals surface area contributed by atoms with E-state index in [1.165, 1.54) is 0 Å². The molecular weight excluding hydrogens is 226 g/mol. The van der Waals surface area contributed by atoms with Crippen LogP contribution in [0.3, 0.4) is 0 Å². The molecule has 1 atom stereocenters. The first kappa shape index (κ1) is 11.4. The summed E-state index contributed by atoms with van der Waals surface area (Å²) in [5.41, 5.74) is 1.14. The predicted molar refractivity (Wildman–Crippen MR) is 62.6 cm³/mol. The SMILES string of the molecule is CC(c1cccc(Cl)c1)N1CC(C(=O)O)C1. The summed E-state index contributed by atoms with van der Waals surface area (Å²) in [4.78, 5) is 12.8. The summed E-state index contributed by atoms with van der Waals surface area (Å²) in [6, 6.07) is 7.94. The lowest BCUT2D eigenvalue weighted by atomic mass is 9.95. The maximum Gasteiger partial charge on any atom is 0.309 e. The summed E-state index contributed by atoms with van der Waals surface area (Å²) >= 11 is 5.92. The number of nitrogens with zero attached hydrogens (tertiary/aromatic N) is 1. The molecule has 0 aliphatic carbocycles. The molecule has 1 fully saturated rings. The fourth-order valence-corrected chi connectivity index (χ4v) is 2.16. The zero-order chi connectivity index (χ0) is 11.7. The summed E-state index contributed by atoms with van der Waals surface area (Å²) in [6.07, 6.45) is 0. The molecule has 16 heavy (non-hydrogen) atoms. The third-order valence-electron chi connectivity index (χ3n) is 3.14. The Balaban J connectivity index is 2.00. The molecular formula is C12H14ClNO2. The average Bonchev–Trinajstić information content (AvgIpc) is 2.14. The van der Waals surface area contributed by atoms with Gasteiger partial charge in [-0.2, -0.15) is 0 Å². The van der Waals surface area contributed by atoms with Crippen LogP contribution in [-0.2, 0) is 4.79 Å². The van der Waals surface area contributed by atoms with Gasteiger partial charge in [-0.05, 0) is 24.6 Å². The van der Waals surface area contributed by atoms with Gasteiger partial charge in [0.05, 0.1) is 5.92 Å². The Labute approximate surface area is 99.6 Å². The van der Waals surface area contributed by atoms with Crippen molar-refractivity contribution in [3.63, 3.8) is 0 Å². The Kier molecular flexibility index (Phi) is 3.17. The lowest BCUT2D eigenvalue weighted by Crippen LogP contribution is -2.51. The van der Waals surface area contributed by atoms with Crippen LogP contribution in [0, 0.1) is 5.92 Å². The van der Waals surface area contributed by atoms with Crippen molar-refractivity contribution in [3.8, 4) is 0 Å². The maximum atomic E-state index is 10.7. The number of benzene rings is 1. The Bertz CT molecular complexity index is 402. The van der Waals surface area contributed by atoms with E-state index in [0.717, 1.165) is 10.6 Å². The van der Waals surface area contributed by atoms with Gasteiger partial charge in [0.25, 0.3) is 0 Å². The number of rotatable bonds is 3. The number of carboxylic acid groups (broad SMARTS) is 1. The fourth-order valence-electron chi connectivity index (χ4n) is 1.96. The number of carboxylic acids is 1. The van der Waals surface area contributed by atoms with Crippen LogP contribution >= 0.6 is 11.6 Å². The summed E-state index contributed by atoms with van der Waals surface area (Å²) in [7, 11) is 0. The predicted octanol–water partition coefficient (Wildman–Crippen LogP) is 2.42. The molecule has 4 heteroatoms. The topological polar surface area (TPSA) is 40.5 Å². The molecule has 1 unspecified atom stereocenters. The highest BCUT2D eigenvalue weighted by molar-refractivity contribution is 6.30.